The molecule has 216 valence electrons. The maximum absolute atomic E-state index is 13.3. The molecule has 4 unspecified atom stereocenters. The van der Waals surface area contributed by atoms with Crippen LogP contribution in [0.1, 0.15) is 31.5 Å². The minimum atomic E-state index is -1.21. The van der Waals surface area contributed by atoms with Gasteiger partial charge in [0.25, 0.3) is 0 Å². The Kier molecular flexibility index (Phi) is 11.1. The average molecular weight is 572 g/mol. The Morgan fingerprint density at radius 1 is 1.00 bits per heavy atom. The maximum atomic E-state index is 13.3. The van der Waals surface area contributed by atoms with Gasteiger partial charge in [0.1, 0.15) is 18.1 Å². The average Bonchev–Trinajstić information content (AvgIpc) is 3.58. The van der Waals surface area contributed by atoms with E-state index in [1.807, 2.05) is 30.5 Å². The van der Waals surface area contributed by atoms with Gasteiger partial charge in [-0.05, 0) is 36.0 Å². The Hall–Kier alpha value is -3.84. The number of carboxylic acid groups (broad SMARTS) is 1. The van der Waals surface area contributed by atoms with E-state index in [0.717, 1.165) is 16.5 Å². The van der Waals surface area contributed by atoms with Gasteiger partial charge in [0.15, 0.2) is 0 Å². The molecular formula is C27H37N7O5S. The molecule has 0 radical (unpaired) electrons. The summed E-state index contributed by atoms with van der Waals surface area (Å²) in [6.07, 6.45) is 7.20. The van der Waals surface area contributed by atoms with Gasteiger partial charge < -0.3 is 36.8 Å². The molecule has 0 saturated heterocycles. The van der Waals surface area contributed by atoms with Crippen molar-refractivity contribution in [1.29, 1.82) is 0 Å². The molecule has 12 nitrogen and oxygen atoms in total. The van der Waals surface area contributed by atoms with Gasteiger partial charge in [-0.15, -0.1) is 0 Å². The Labute approximate surface area is 236 Å². The summed E-state index contributed by atoms with van der Waals surface area (Å²) in [7, 11) is 0. The zero-order valence-corrected chi connectivity index (χ0v) is 23.6. The molecule has 3 aromatic rings. The lowest BCUT2D eigenvalue weighted by Crippen LogP contribution is -2.58. The van der Waals surface area contributed by atoms with Crippen LogP contribution in [0.3, 0.4) is 0 Å². The highest BCUT2D eigenvalue weighted by Crippen LogP contribution is 2.19. The molecule has 4 atom stereocenters. The third kappa shape index (κ3) is 8.33. The van der Waals surface area contributed by atoms with Crippen LogP contribution in [-0.2, 0) is 32.0 Å². The van der Waals surface area contributed by atoms with Crippen LogP contribution in [-0.4, -0.2) is 79.9 Å². The quantitative estimate of drug-likeness (QED) is 0.140. The van der Waals surface area contributed by atoms with Gasteiger partial charge in [-0.3, -0.25) is 14.4 Å². The maximum Gasteiger partial charge on any atom is 0.326 e. The van der Waals surface area contributed by atoms with Crippen LogP contribution in [0, 0.1) is 5.92 Å². The second kappa shape index (κ2) is 14.5. The molecular weight excluding hydrogens is 534 g/mol. The minimum absolute atomic E-state index is 0.0627. The van der Waals surface area contributed by atoms with Gasteiger partial charge in [-0.1, -0.05) is 32.0 Å². The Balaban J connectivity index is 1.68. The van der Waals surface area contributed by atoms with Crippen molar-refractivity contribution >= 4 is 46.4 Å². The standard InChI is InChI=1S/C27H37N7O5S/c1-15(2)23(34-24(35)19(28)11-17-13-29-14-31-17)26(37)32-21(8-9-40-3)25(36)33-22(27(38)39)10-16-12-30-20-7-5-4-6-18(16)20/h4-7,12-15,19,21-23,30H,8-11,28H2,1-3H3,(H,29,31)(H,32,37)(H,33,36)(H,34,35)(H,38,39). The lowest BCUT2D eigenvalue weighted by atomic mass is 10.0. The van der Waals surface area contributed by atoms with Crippen molar-refractivity contribution in [2.75, 3.05) is 12.0 Å². The predicted molar refractivity (Wildman–Crippen MR) is 154 cm³/mol. The van der Waals surface area contributed by atoms with E-state index in [0.29, 0.717) is 11.4 Å². The van der Waals surface area contributed by atoms with E-state index in [9.17, 15) is 24.3 Å². The van der Waals surface area contributed by atoms with Crippen LogP contribution in [0.5, 0.6) is 0 Å². The summed E-state index contributed by atoms with van der Waals surface area (Å²) in [5.74, 6) is -2.63. The van der Waals surface area contributed by atoms with Crippen molar-refractivity contribution in [3.63, 3.8) is 0 Å². The molecule has 0 saturated carbocycles. The zero-order chi connectivity index (χ0) is 29.2. The number of imidazole rings is 1. The van der Waals surface area contributed by atoms with Gasteiger partial charge >= 0.3 is 5.97 Å². The third-order valence-corrected chi connectivity index (χ3v) is 7.18. The number of hydrogen-bond donors (Lipinski definition) is 7. The lowest BCUT2D eigenvalue weighted by Gasteiger charge is -2.27. The number of nitrogens with zero attached hydrogens (tertiary/aromatic N) is 1. The number of aromatic nitrogens is 3. The first-order chi connectivity index (χ1) is 19.1. The highest BCUT2D eigenvalue weighted by atomic mass is 32.2. The smallest absolute Gasteiger partial charge is 0.326 e. The van der Waals surface area contributed by atoms with Crippen LogP contribution in [0.2, 0.25) is 0 Å². The van der Waals surface area contributed by atoms with Crippen molar-refractivity contribution in [1.82, 2.24) is 30.9 Å². The Bertz CT molecular complexity index is 1290. The Morgan fingerprint density at radius 2 is 1.73 bits per heavy atom. The van der Waals surface area contributed by atoms with Gasteiger partial charge in [0, 0.05) is 41.8 Å². The fraction of sp³-hybridized carbons (Fsp3) is 0.444. The molecule has 2 aromatic heterocycles. The molecule has 0 aliphatic carbocycles. The summed E-state index contributed by atoms with van der Waals surface area (Å²) in [4.78, 5) is 61.3. The number of carbonyl (C=O) groups excluding carboxylic acids is 3. The van der Waals surface area contributed by atoms with Crippen molar-refractivity contribution in [2.24, 2.45) is 11.7 Å². The SMILES string of the molecule is CSCCC(NC(=O)C(NC(=O)C(N)Cc1cnc[nH]1)C(C)C)C(=O)NC(Cc1c[nH]c2ccccc12)C(=O)O. The van der Waals surface area contributed by atoms with E-state index in [2.05, 4.69) is 30.9 Å². The molecule has 1 aromatic carbocycles. The number of benzene rings is 1. The van der Waals surface area contributed by atoms with Gasteiger partial charge in [-0.25, -0.2) is 9.78 Å². The van der Waals surface area contributed by atoms with E-state index in [4.69, 9.17) is 5.73 Å². The van der Waals surface area contributed by atoms with E-state index in [-0.39, 0.29) is 25.2 Å². The van der Waals surface area contributed by atoms with Gasteiger partial charge in [0.05, 0.1) is 12.4 Å². The molecule has 13 heteroatoms. The number of carboxylic acids is 1. The van der Waals surface area contributed by atoms with Crippen LogP contribution >= 0.6 is 11.8 Å². The van der Waals surface area contributed by atoms with E-state index < -0.39 is 47.9 Å². The summed E-state index contributed by atoms with van der Waals surface area (Å²) in [5, 5.41) is 18.7. The number of nitrogens with two attached hydrogens (primary N) is 1. The van der Waals surface area contributed by atoms with E-state index >= 15 is 0 Å². The summed E-state index contributed by atoms with van der Waals surface area (Å²) < 4.78 is 0. The lowest BCUT2D eigenvalue weighted by molar-refractivity contribution is -0.142. The highest BCUT2D eigenvalue weighted by molar-refractivity contribution is 7.98. The van der Waals surface area contributed by atoms with Gasteiger partial charge in [-0.2, -0.15) is 11.8 Å². The number of carbonyl (C=O) groups is 4. The number of para-hydroxylation sites is 1. The number of fused-ring (bicyclic) bond motifs is 1. The van der Waals surface area contributed by atoms with Gasteiger partial charge in [0.2, 0.25) is 17.7 Å². The minimum Gasteiger partial charge on any atom is -0.480 e. The summed E-state index contributed by atoms with van der Waals surface area (Å²) in [6, 6.07) is 3.42. The molecule has 3 rings (SSSR count). The van der Waals surface area contributed by atoms with E-state index in [1.54, 1.807) is 26.2 Å². The number of aliphatic carboxylic acids is 1. The first-order valence-electron chi connectivity index (χ1n) is 13.0. The first-order valence-corrected chi connectivity index (χ1v) is 14.4. The number of nitrogens with one attached hydrogen (secondary N) is 5. The molecule has 3 amide bonds. The zero-order valence-electron chi connectivity index (χ0n) is 22.8. The molecule has 0 fully saturated rings. The van der Waals surface area contributed by atoms with E-state index in [1.165, 1.54) is 18.1 Å². The fourth-order valence-corrected chi connectivity index (χ4v) is 4.75. The third-order valence-electron chi connectivity index (χ3n) is 6.54. The van der Waals surface area contributed by atoms with Crippen LogP contribution in [0.4, 0.5) is 0 Å². The number of amides is 3. The normalized spacial score (nSPS) is 14.3. The number of H-pyrrole nitrogens is 2. The number of aromatic amines is 2. The molecule has 8 N–H and O–H groups in total. The van der Waals surface area contributed by atoms with Crippen LogP contribution in [0.15, 0.2) is 43.0 Å². The molecule has 0 aliphatic heterocycles. The fourth-order valence-electron chi connectivity index (χ4n) is 4.28. The molecule has 0 spiro atoms. The summed E-state index contributed by atoms with van der Waals surface area (Å²) in [6.45, 7) is 3.53. The van der Waals surface area contributed by atoms with Crippen LogP contribution < -0.4 is 21.7 Å². The van der Waals surface area contributed by atoms with Crippen molar-refractivity contribution in [2.45, 2.75) is 57.3 Å². The second-order valence-electron chi connectivity index (χ2n) is 9.92. The molecule has 40 heavy (non-hydrogen) atoms. The number of rotatable bonds is 15. The van der Waals surface area contributed by atoms with Crippen molar-refractivity contribution in [3.05, 3.63) is 54.2 Å². The number of hydrogen-bond acceptors (Lipinski definition) is 7. The molecule has 2 heterocycles. The molecule has 0 bridgehead atoms. The first kappa shape index (κ1) is 30.7. The topological polar surface area (TPSA) is 195 Å². The van der Waals surface area contributed by atoms with Crippen LogP contribution in [0.25, 0.3) is 10.9 Å². The molecule has 0 aliphatic rings. The number of thioether (sulfide) groups is 1. The monoisotopic (exact) mass is 571 g/mol. The largest absolute Gasteiger partial charge is 0.480 e. The Morgan fingerprint density at radius 3 is 2.38 bits per heavy atom. The predicted octanol–water partition coefficient (Wildman–Crippen LogP) is 0.952. The highest BCUT2D eigenvalue weighted by Gasteiger charge is 2.32. The second-order valence-corrected chi connectivity index (χ2v) is 10.9. The summed E-state index contributed by atoms with van der Waals surface area (Å²) in [5.41, 5.74) is 8.33. The van der Waals surface area contributed by atoms with Crippen molar-refractivity contribution < 1.29 is 24.3 Å². The van der Waals surface area contributed by atoms with Crippen molar-refractivity contribution in [3.8, 4) is 0 Å². The summed E-state index contributed by atoms with van der Waals surface area (Å²) >= 11 is 1.49.